The van der Waals surface area contributed by atoms with E-state index in [1.54, 1.807) is 4.68 Å². The lowest BCUT2D eigenvalue weighted by Crippen LogP contribution is -2.46. The number of benzene rings is 1. The highest BCUT2D eigenvalue weighted by Crippen LogP contribution is 2.40. The first kappa shape index (κ1) is 35.0. The summed E-state index contributed by atoms with van der Waals surface area (Å²) < 4.78 is 70.1. The molecule has 1 atom stereocenters. The van der Waals surface area contributed by atoms with Gasteiger partial charge in [0.15, 0.2) is 0 Å². The maximum absolute atomic E-state index is 14.1. The lowest BCUT2D eigenvalue weighted by molar-refractivity contribution is -0.139. The van der Waals surface area contributed by atoms with Crippen molar-refractivity contribution in [1.29, 1.82) is 0 Å². The average Bonchev–Trinajstić information content (AvgIpc) is 3.35. The van der Waals surface area contributed by atoms with Crippen LogP contribution >= 0.6 is 11.8 Å². The molecule has 3 aliphatic heterocycles. The summed E-state index contributed by atoms with van der Waals surface area (Å²) in [5, 5.41) is 27.3. The topological polar surface area (TPSA) is 131 Å². The van der Waals surface area contributed by atoms with E-state index in [0.29, 0.717) is 68.0 Å². The van der Waals surface area contributed by atoms with Crippen LogP contribution in [-0.2, 0) is 35.7 Å². The molecule has 256 valence electrons. The second-order valence-electron chi connectivity index (χ2n) is 12.4. The van der Waals surface area contributed by atoms with Crippen LogP contribution in [0.1, 0.15) is 48.9 Å². The first-order chi connectivity index (χ1) is 21.8. The van der Waals surface area contributed by atoms with Gasteiger partial charge in [-0.05, 0) is 50.9 Å². The number of β-amino-alcohol motifs (C(OH)–C–C–N with tert-alkyl or cyclic N) is 1. The number of carbonyl (C=O) groups is 1. The monoisotopic (exact) mass is 688 g/mol. The molecule has 4 heterocycles. The number of halogens is 3. The molecular formula is C30H43F3N6O5S2. The number of likely N-dealkylation sites (tertiary alicyclic amines) is 2. The van der Waals surface area contributed by atoms with Gasteiger partial charge in [-0.15, -0.1) is 11.8 Å². The van der Waals surface area contributed by atoms with Crippen molar-refractivity contribution in [3.63, 3.8) is 0 Å². The number of aliphatic hydroxyl groups is 1. The van der Waals surface area contributed by atoms with Gasteiger partial charge in [-0.2, -0.15) is 22.6 Å². The zero-order valence-corrected chi connectivity index (χ0v) is 27.6. The van der Waals surface area contributed by atoms with Crippen LogP contribution < -0.4 is 5.32 Å². The Balaban J connectivity index is 1.38. The molecule has 0 radical (unpaired) electrons. The van der Waals surface area contributed by atoms with Gasteiger partial charge in [-0.1, -0.05) is 12.5 Å². The highest BCUT2D eigenvalue weighted by Gasteiger charge is 2.35. The molecule has 46 heavy (non-hydrogen) atoms. The molecule has 3 N–H and O–H groups in total. The Bertz CT molecular complexity index is 1470. The van der Waals surface area contributed by atoms with Crippen LogP contribution in [0.2, 0.25) is 0 Å². The van der Waals surface area contributed by atoms with E-state index >= 15 is 0 Å². The number of alkyl halides is 3. The van der Waals surface area contributed by atoms with E-state index in [4.69, 9.17) is 10.2 Å². The fraction of sp³-hybridized carbons (Fsp3) is 0.667. The van der Waals surface area contributed by atoms with Crippen molar-refractivity contribution in [1.82, 2.24) is 29.2 Å². The summed E-state index contributed by atoms with van der Waals surface area (Å²) in [6, 6.07) is 3.87. The average molecular weight is 689 g/mol. The normalized spacial score (nSPS) is 20.0. The van der Waals surface area contributed by atoms with Crippen LogP contribution in [0.15, 0.2) is 23.1 Å². The van der Waals surface area contributed by atoms with Gasteiger partial charge in [0.25, 0.3) is 0 Å². The number of aliphatic hydroxyl groups excluding tert-OH is 1. The van der Waals surface area contributed by atoms with Crippen LogP contribution in [0.3, 0.4) is 0 Å². The second kappa shape index (κ2) is 14.8. The number of hydrogen-bond acceptors (Lipinski definition) is 8. The van der Waals surface area contributed by atoms with Crippen molar-refractivity contribution < 1.29 is 36.6 Å². The fourth-order valence-electron chi connectivity index (χ4n) is 6.61. The number of fused-ring (bicyclic) bond motifs is 1. The Morgan fingerprint density at radius 2 is 1.80 bits per heavy atom. The van der Waals surface area contributed by atoms with E-state index in [9.17, 15) is 31.5 Å². The Morgan fingerprint density at radius 3 is 2.46 bits per heavy atom. The molecule has 5 rings (SSSR count). The number of rotatable bonds is 11. The zero-order chi connectivity index (χ0) is 33.1. The minimum atomic E-state index is -4.53. The van der Waals surface area contributed by atoms with Gasteiger partial charge < -0.3 is 25.3 Å². The highest BCUT2D eigenvalue weighted by atomic mass is 32.2. The molecule has 0 spiro atoms. The summed E-state index contributed by atoms with van der Waals surface area (Å²) >= 11 is 1.17. The van der Waals surface area contributed by atoms with Crippen LogP contribution in [-0.4, -0.2) is 119 Å². The van der Waals surface area contributed by atoms with Gasteiger partial charge in [-0.3, -0.25) is 4.68 Å². The minimum absolute atomic E-state index is 0.0438. The molecule has 2 aromatic rings. The number of nitrogens with zero attached hydrogens (tertiary/aromatic N) is 5. The molecule has 1 aromatic heterocycles. The van der Waals surface area contributed by atoms with Gasteiger partial charge in [0, 0.05) is 79.2 Å². The van der Waals surface area contributed by atoms with Crippen molar-refractivity contribution in [3.05, 3.63) is 35.0 Å². The first-order valence-corrected chi connectivity index (χ1v) is 18.6. The van der Waals surface area contributed by atoms with E-state index in [-0.39, 0.29) is 30.6 Å². The predicted octanol–water partition coefficient (Wildman–Crippen LogP) is 3.56. The third-order valence-electron chi connectivity index (χ3n) is 9.01. The molecule has 1 unspecified atom stereocenters. The fourth-order valence-corrected chi connectivity index (χ4v) is 8.52. The van der Waals surface area contributed by atoms with Gasteiger partial charge >= 0.3 is 12.3 Å². The number of amides is 1. The van der Waals surface area contributed by atoms with Gasteiger partial charge in [-0.25, -0.2) is 13.2 Å². The third kappa shape index (κ3) is 8.95. The summed E-state index contributed by atoms with van der Waals surface area (Å²) in [6.07, 6.45) is -0.261. The van der Waals surface area contributed by atoms with Crippen molar-refractivity contribution in [2.75, 3.05) is 57.8 Å². The minimum Gasteiger partial charge on any atom is -0.465 e. The number of thioether (sulfide) groups is 1. The molecule has 3 aliphatic rings. The molecule has 2 saturated heterocycles. The Kier molecular flexibility index (Phi) is 11.3. The SMILES string of the molecule is CS(=O)(=O)N1CCc2c(c(-c3ccc(C(F)(F)F)c(SCCN4CCCCC4)c3)nn2CC(O)CN2CCC(NC(=O)O)CC2)C1. The zero-order valence-electron chi connectivity index (χ0n) is 26.0. The Morgan fingerprint density at radius 1 is 1.09 bits per heavy atom. The van der Waals surface area contributed by atoms with Crippen molar-refractivity contribution in [3.8, 4) is 11.3 Å². The van der Waals surface area contributed by atoms with Gasteiger partial charge in [0.05, 0.1) is 30.2 Å². The molecule has 11 nitrogen and oxygen atoms in total. The van der Waals surface area contributed by atoms with Crippen molar-refractivity contribution in [2.45, 2.75) is 74.8 Å². The van der Waals surface area contributed by atoms with E-state index in [0.717, 1.165) is 43.9 Å². The predicted molar refractivity (Wildman–Crippen MR) is 169 cm³/mol. The first-order valence-electron chi connectivity index (χ1n) is 15.8. The van der Waals surface area contributed by atoms with E-state index in [1.165, 1.54) is 34.6 Å². The van der Waals surface area contributed by atoms with Gasteiger partial charge in [0.2, 0.25) is 10.0 Å². The molecule has 1 aromatic carbocycles. The lowest BCUT2D eigenvalue weighted by atomic mass is 10.0. The van der Waals surface area contributed by atoms with E-state index < -0.39 is 34.0 Å². The molecule has 0 aliphatic carbocycles. The summed E-state index contributed by atoms with van der Waals surface area (Å²) in [4.78, 5) is 15.4. The summed E-state index contributed by atoms with van der Waals surface area (Å²) in [5.74, 6) is 0.511. The summed E-state index contributed by atoms with van der Waals surface area (Å²) in [5.41, 5.74) is 1.58. The lowest BCUT2D eigenvalue weighted by Gasteiger charge is -2.33. The number of sulfonamides is 1. The molecule has 1 amide bonds. The van der Waals surface area contributed by atoms with Crippen LogP contribution in [0.25, 0.3) is 11.3 Å². The van der Waals surface area contributed by atoms with Gasteiger partial charge in [0.1, 0.15) is 0 Å². The Labute approximate surface area is 272 Å². The maximum Gasteiger partial charge on any atom is 0.417 e. The van der Waals surface area contributed by atoms with Crippen LogP contribution in [0.4, 0.5) is 18.0 Å². The standard InChI is InChI=1S/C30H43F3N6O5S2/c1-46(43,44)38-14-9-26-24(20-38)28(35-39(26)19-23(40)18-37-12-7-22(8-13-37)34-29(41)42)21-5-6-25(30(31,32)33)27(17-21)45-16-15-36-10-3-2-4-11-36/h5-6,17,22-23,34,40H,2-4,7-16,18-20H2,1H3,(H,41,42). The molecule has 16 heteroatoms. The summed E-state index contributed by atoms with van der Waals surface area (Å²) in [7, 11) is -3.53. The maximum atomic E-state index is 14.1. The number of hydrogen-bond donors (Lipinski definition) is 3. The summed E-state index contributed by atoms with van der Waals surface area (Å²) in [6.45, 7) is 4.62. The van der Waals surface area contributed by atoms with Crippen molar-refractivity contribution >= 4 is 27.9 Å². The van der Waals surface area contributed by atoms with Crippen LogP contribution in [0, 0.1) is 0 Å². The van der Waals surface area contributed by atoms with Crippen LogP contribution in [0.5, 0.6) is 0 Å². The number of piperidine rings is 2. The quantitative estimate of drug-likeness (QED) is 0.304. The Hall–Kier alpha value is -2.37. The smallest absolute Gasteiger partial charge is 0.417 e. The molecule has 2 fully saturated rings. The largest absolute Gasteiger partial charge is 0.465 e. The third-order valence-corrected chi connectivity index (χ3v) is 11.3. The second-order valence-corrected chi connectivity index (χ2v) is 15.6. The highest BCUT2D eigenvalue weighted by molar-refractivity contribution is 7.99. The number of carboxylic acid groups (broad SMARTS) is 1. The number of nitrogens with one attached hydrogen (secondary N) is 1. The molecule has 0 bridgehead atoms. The van der Waals surface area contributed by atoms with E-state index in [1.807, 2.05) is 0 Å². The van der Waals surface area contributed by atoms with Crippen molar-refractivity contribution in [2.24, 2.45) is 0 Å². The molecular weight excluding hydrogens is 645 g/mol. The molecule has 0 saturated carbocycles. The van der Waals surface area contributed by atoms with E-state index in [2.05, 4.69) is 15.1 Å². The number of aromatic nitrogens is 2.